The van der Waals surface area contributed by atoms with Crippen molar-refractivity contribution in [3.8, 4) is 0 Å². The Kier molecular flexibility index (Phi) is 5.37. The molecule has 3 heteroatoms. The van der Waals surface area contributed by atoms with Gasteiger partial charge in [-0.2, -0.15) is 0 Å². The van der Waals surface area contributed by atoms with Crippen molar-refractivity contribution in [3.63, 3.8) is 0 Å². The SMILES string of the molecule is C=C/C(Cl)=C\C=C(/C)NC(=O)C(C)(C)C. The number of amides is 1. The normalized spacial score (nSPS) is 13.7. The highest BCUT2D eigenvalue weighted by molar-refractivity contribution is 6.31. The van der Waals surface area contributed by atoms with E-state index >= 15 is 0 Å². The zero-order chi connectivity index (χ0) is 12.1. The van der Waals surface area contributed by atoms with Gasteiger partial charge in [0.25, 0.3) is 0 Å². The molecule has 0 aromatic heterocycles. The lowest BCUT2D eigenvalue weighted by molar-refractivity contribution is -0.127. The molecule has 0 spiro atoms. The summed E-state index contributed by atoms with van der Waals surface area (Å²) in [5.74, 6) is -0.0145. The number of halogens is 1. The molecule has 0 rings (SSSR count). The molecular weight excluding hydrogens is 210 g/mol. The molecule has 0 atom stereocenters. The summed E-state index contributed by atoms with van der Waals surface area (Å²) >= 11 is 5.72. The topological polar surface area (TPSA) is 29.1 Å². The molecule has 1 amide bonds. The van der Waals surface area contributed by atoms with Crippen LogP contribution in [0.2, 0.25) is 0 Å². The van der Waals surface area contributed by atoms with Crippen molar-refractivity contribution < 1.29 is 4.79 Å². The first-order valence-electron chi connectivity index (χ1n) is 4.75. The molecule has 0 aliphatic carbocycles. The number of carbonyl (C=O) groups is 1. The highest BCUT2D eigenvalue weighted by Crippen LogP contribution is 2.13. The zero-order valence-electron chi connectivity index (χ0n) is 9.73. The molecule has 0 bridgehead atoms. The van der Waals surface area contributed by atoms with Crippen LogP contribution in [0.4, 0.5) is 0 Å². The molecule has 0 saturated heterocycles. The van der Waals surface area contributed by atoms with E-state index in [0.717, 1.165) is 5.70 Å². The maximum Gasteiger partial charge on any atom is 0.229 e. The van der Waals surface area contributed by atoms with Gasteiger partial charge in [0.15, 0.2) is 0 Å². The van der Waals surface area contributed by atoms with Gasteiger partial charge in [0, 0.05) is 16.1 Å². The van der Waals surface area contributed by atoms with E-state index in [1.165, 1.54) is 6.08 Å². The van der Waals surface area contributed by atoms with Crippen LogP contribution < -0.4 is 5.32 Å². The van der Waals surface area contributed by atoms with Crippen LogP contribution in [-0.2, 0) is 4.79 Å². The van der Waals surface area contributed by atoms with Crippen LogP contribution in [0.25, 0.3) is 0 Å². The van der Waals surface area contributed by atoms with Crippen LogP contribution in [0.15, 0.2) is 35.5 Å². The first-order chi connectivity index (χ1) is 6.77. The molecule has 0 aromatic rings. The molecule has 0 saturated carbocycles. The predicted molar refractivity (Wildman–Crippen MR) is 65.5 cm³/mol. The number of hydrogen-bond acceptors (Lipinski definition) is 1. The third kappa shape index (κ3) is 6.13. The third-order valence-corrected chi connectivity index (χ3v) is 1.96. The summed E-state index contributed by atoms with van der Waals surface area (Å²) in [7, 11) is 0. The van der Waals surface area contributed by atoms with Crippen LogP contribution in [0.1, 0.15) is 27.7 Å². The van der Waals surface area contributed by atoms with Gasteiger partial charge in [0.05, 0.1) is 0 Å². The van der Waals surface area contributed by atoms with Crippen LogP contribution in [-0.4, -0.2) is 5.91 Å². The van der Waals surface area contributed by atoms with E-state index in [9.17, 15) is 4.79 Å². The molecule has 0 fully saturated rings. The van der Waals surface area contributed by atoms with Crippen LogP contribution in [0, 0.1) is 5.41 Å². The maximum absolute atomic E-state index is 11.6. The minimum absolute atomic E-state index is 0.0145. The first-order valence-corrected chi connectivity index (χ1v) is 5.13. The van der Waals surface area contributed by atoms with E-state index in [1.54, 1.807) is 12.2 Å². The number of carbonyl (C=O) groups excluding carboxylic acids is 1. The monoisotopic (exact) mass is 227 g/mol. The van der Waals surface area contributed by atoms with E-state index in [4.69, 9.17) is 11.6 Å². The lowest BCUT2D eigenvalue weighted by Crippen LogP contribution is -2.33. The Labute approximate surface area is 96.7 Å². The quantitative estimate of drug-likeness (QED) is 0.736. The molecule has 0 heterocycles. The van der Waals surface area contributed by atoms with E-state index in [2.05, 4.69) is 11.9 Å². The lowest BCUT2D eigenvalue weighted by atomic mass is 9.95. The molecule has 15 heavy (non-hydrogen) atoms. The summed E-state index contributed by atoms with van der Waals surface area (Å²) in [6.07, 6.45) is 4.97. The van der Waals surface area contributed by atoms with Crippen molar-refractivity contribution in [1.82, 2.24) is 5.32 Å². The second-order valence-electron chi connectivity index (χ2n) is 4.31. The summed E-state index contributed by atoms with van der Waals surface area (Å²) < 4.78 is 0. The van der Waals surface area contributed by atoms with Crippen molar-refractivity contribution in [2.75, 3.05) is 0 Å². The molecule has 0 unspecified atom stereocenters. The molecule has 84 valence electrons. The average molecular weight is 228 g/mol. The van der Waals surface area contributed by atoms with E-state index in [0.29, 0.717) is 5.03 Å². The van der Waals surface area contributed by atoms with Crippen molar-refractivity contribution in [2.24, 2.45) is 5.41 Å². The standard InChI is InChI=1S/C12H18ClNO/c1-6-10(13)8-7-9(2)14-11(15)12(3,4)5/h6-8H,1H2,2-5H3,(H,14,15)/b9-7+,10-8+. The van der Waals surface area contributed by atoms with E-state index < -0.39 is 0 Å². The molecule has 0 aliphatic rings. The highest BCUT2D eigenvalue weighted by Gasteiger charge is 2.20. The molecule has 0 radical (unpaired) electrons. The molecule has 2 nitrogen and oxygen atoms in total. The number of rotatable bonds is 3. The Morgan fingerprint density at radius 2 is 1.87 bits per heavy atom. The maximum atomic E-state index is 11.6. The van der Waals surface area contributed by atoms with Crippen molar-refractivity contribution in [2.45, 2.75) is 27.7 Å². The lowest BCUT2D eigenvalue weighted by Gasteiger charge is -2.17. The van der Waals surface area contributed by atoms with Gasteiger partial charge in [0.2, 0.25) is 5.91 Å². The van der Waals surface area contributed by atoms with Crippen molar-refractivity contribution in [1.29, 1.82) is 0 Å². The van der Waals surface area contributed by atoms with Gasteiger partial charge in [-0.25, -0.2) is 0 Å². The summed E-state index contributed by atoms with van der Waals surface area (Å²) in [4.78, 5) is 11.6. The van der Waals surface area contributed by atoms with E-state index in [-0.39, 0.29) is 11.3 Å². The minimum atomic E-state index is -0.388. The Morgan fingerprint density at radius 3 is 2.27 bits per heavy atom. The number of hydrogen-bond donors (Lipinski definition) is 1. The Bertz CT molecular complexity index is 308. The number of allylic oxidation sites excluding steroid dienone is 5. The molecule has 0 aromatic carbocycles. The second-order valence-corrected chi connectivity index (χ2v) is 4.75. The average Bonchev–Trinajstić information content (AvgIpc) is 2.12. The smallest absolute Gasteiger partial charge is 0.229 e. The third-order valence-electron chi connectivity index (χ3n) is 1.68. The zero-order valence-corrected chi connectivity index (χ0v) is 10.5. The Morgan fingerprint density at radius 1 is 1.33 bits per heavy atom. The van der Waals surface area contributed by atoms with Gasteiger partial charge in [-0.15, -0.1) is 0 Å². The largest absolute Gasteiger partial charge is 0.330 e. The summed E-state index contributed by atoms with van der Waals surface area (Å²) in [5.41, 5.74) is 0.371. The van der Waals surface area contributed by atoms with Gasteiger partial charge in [-0.1, -0.05) is 45.0 Å². The van der Waals surface area contributed by atoms with Gasteiger partial charge in [-0.05, 0) is 19.1 Å². The summed E-state index contributed by atoms with van der Waals surface area (Å²) in [6.45, 7) is 10.9. The molecule has 0 aliphatic heterocycles. The minimum Gasteiger partial charge on any atom is -0.330 e. The first kappa shape index (κ1) is 14.0. The summed E-state index contributed by atoms with van der Waals surface area (Å²) in [6, 6.07) is 0. The van der Waals surface area contributed by atoms with Crippen molar-refractivity contribution in [3.05, 3.63) is 35.5 Å². The fourth-order valence-corrected chi connectivity index (χ4v) is 0.744. The highest BCUT2D eigenvalue weighted by atomic mass is 35.5. The van der Waals surface area contributed by atoms with Crippen molar-refractivity contribution >= 4 is 17.5 Å². The fraction of sp³-hybridized carbons (Fsp3) is 0.417. The molecule has 1 N–H and O–H groups in total. The van der Waals surface area contributed by atoms with Crippen LogP contribution in [0.5, 0.6) is 0 Å². The Balaban J connectivity index is 4.44. The predicted octanol–water partition coefficient (Wildman–Crippen LogP) is 3.36. The Hall–Kier alpha value is -1.02. The summed E-state index contributed by atoms with van der Waals surface area (Å²) in [5, 5.41) is 3.33. The van der Waals surface area contributed by atoms with Crippen LogP contribution in [0.3, 0.4) is 0 Å². The van der Waals surface area contributed by atoms with E-state index in [1.807, 2.05) is 27.7 Å². The number of nitrogens with one attached hydrogen (secondary N) is 1. The van der Waals surface area contributed by atoms with Crippen LogP contribution >= 0.6 is 11.6 Å². The second kappa shape index (κ2) is 5.76. The van der Waals surface area contributed by atoms with Gasteiger partial charge < -0.3 is 5.32 Å². The van der Waals surface area contributed by atoms with Gasteiger partial charge >= 0.3 is 0 Å². The fourth-order valence-electron chi connectivity index (χ4n) is 0.681. The van der Waals surface area contributed by atoms with Gasteiger partial charge in [0.1, 0.15) is 0 Å². The molecular formula is C12H18ClNO. The van der Waals surface area contributed by atoms with Gasteiger partial charge in [-0.3, -0.25) is 4.79 Å².